The van der Waals surface area contributed by atoms with Gasteiger partial charge in [0.05, 0.1) is 0 Å². The van der Waals surface area contributed by atoms with Crippen LogP contribution < -0.4 is 5.32 Å². The highest BCUT2D eigenvalue weighted by Crippen LogP contribution is 2.25. The number of benzene rings is 1. The molecule has 4 heteroatoms. The summed E-state index contributed by atoms with van der Waals surface area (Å²) in [7, 11) is 0. The quantitative estimate of drug-likeness (QED) is 0.741. The molecule has 0 aliphatic carbocycles. The summed E-state index contributed by atoms with van der Waals surface area (Å²) in [6.45, 7) is 0.839. The van der Waals surface area contributed by atoms with Gasteiger partial charge in [-0.2, -0.15) is 0 Å². The molecule has 1 fully saturated rings. The molecule has 0 amide bonds. The zero-order chi connectivity index (χ0) is 12.3. The first-order chi connectivity index (χ1) is 8.18. The Morgan fingerprint density at radius 3 is 2.29 bits per heavy atom. The van der Waals surface area contributed by atoms with Gasteiger partial charge in [-0.3, -0.25) is 0 Å². The topological polar surface area (TPSA) is 12.0 Å². The number of rotatable bonds is 1. The lowest BCUT2D eigenvalue weighted by Crippen LogP contribution is -2.24. The van der Waals surface area contributed by atoms with Crippen LogP contribution in [0.4, 0.5) is 13.2 Å². The van der Waals surface area contributed by atoms with E-state index in [9.17, 15) is 13.2 Å². The Kier molecular flexibility index (Phi) is 4.05. The van der Waals surface area contributed by atoms with Gasteiger partial charge in [0.2, 0.25) is 0 Å². The van der Waals surface area contributed by atoms with E-state index < -0.39 is 17.5 Å². The first-order valence-corrected chi connectivity index (χ1v) is 6.06. The Bertz CT molecular complexity index is 361. The molecule has 1 aromatic rings. The number of halogens is 3. The summed E-state index contributed by atoms with van der Waals surface area (Å²) < 4.78 is 39.1. The summed E-state index contributed by atoms with van der Waals surface area (Å²) in [4.78, 5) is 0. The van der Waals surface area contributed by atoms with Gasteiger partial charge >= 0.3 is 0 Å². The maximum Gasteiger partial charge on any atom is 0.194 e. The van der Waals surface area contributed by atoms with Crippen molar-refractivity contribution >= 4 is 0 Å². The molecule has 94 valence electrons. The lowest BCUT2D eigenvalue weighted by atomic mass is 9.97. The molecule has 1 nitrogen and oxygen atoms in total. The third-order valence-corrected chi connectivity index (χ3v) is 3.22. The van der Waals surface area contributed by atoms with Crippen LogP contribution >= 0.6 is 0 Å². The molecule has 1 saturated heterocycles. The fourth-order valence-corrected chi connectivity index (χ4v) is 2.27. The van der Waals surface area contributed by atoms with Crippen molar-refractivity contribution in [1.29, 1.82) is 0 Å². The Labute approximate surface area is 99.0 Å². The van der Waals surface area contributed by atoms with Crippen LogP contribution in [0.3, 0.4) is 0 Å². The minimum Gasteiger partial charge on any atom is -0.310 e. The van der Waals surface area contributed by atoms with Gasteiger partial charge in [0.15, 0.2) is 17.5 Å². The van der Waals surface area contributed by atoms with Crippen LogP contribution in [0.5, 0.6) is 0 Å². The second-order valence-corrected chi connectivity index (χ2v) is 4.51. The van der Waals surface area contributed by atoms with Crippen molar-refractivity contribution in [2.24, 2.45) is 0 Å². The molecule has 0 bridgehead atoms. The molecular formula is C13H16F3N. The molecule has 0 saturated carbocycles. The standard InChI is InChI=1S/C13H16F3N/c14-10-7-9(8-11(15)13(10)16)12-5-3-1-2-4-6-17-12/h7-8,12,17H,1-6H2. The molecular weight excluding hydrogens is 227 g/mol. The molecule has 0 aromatic heterocycles. The summed E-state index contributed by atoms with van der Waals surface area (Å²) in [5.74, 6) is -3.60. The zero-order valence-corrected chi connectivity index (χ0v) is 9.61. The molecule has 1 unspecified atom stereocenters. The Hall–Kier alpha value is -1.03. The van der Waals surface area contributed by atoms with Crippen molar-refractivity contribution < 1.29 is 13.2 Å². The van der Waals surface area contributed by atoms with E-state index in [1.165, 1.54) is 6.42 Å². The van der Waals surface area contributed by atoms with E-state index in [1.54, 1.807) is 0 Å². The van der Waals surface area contributed by atoms with Crippen molar-refractivity contribution in [2.75, 3.05) is 6.54 Å². The van der Waals surface area contributed by atoms with Crippen LogP contribution in [-0.2, 0) is 0 Å². The van der Waals surface area contributed by atoms with Crippen LogP contribution in [0.15, 0.2) is 12.1 Å². The highest BCUT2D eigenvalue weighted by molar-refractivity contribution is 5.22. The normalized spacial score (nSPS) is 21.9. The van der Waals surface area contributed by atoms with Crippen molar-refractivity contribution in [3.05, 3.63) is 35.1 Å². The van der Waals surface area contributed by atoms with Crippen LogP contribution in [0.2, 0.25) is 0 Å². The van der Waals surface area contributed by atoms with Crippen molar-refractivity contribution in [3.63, 3.8) is 0 Å². The predicted octanol–water partition coefficient (Wildman–Crippen LogP) is 3.70. The molecule has 1 N–H and O–H groups in total. The molecule has 0 spiro atoms. The first-order valence-electron chi connectivity index (χ1n) is 6.06. The number of hydrogen-bond acceptors (Lipinski definition) is 1. The van der Waals surface area contributed by atoms with Crippen molar-refractivity contribution in [3.8, 4) is 0 Å². The Morgan fingerprint density at radius 1 is 0.941 bits per heavy atom. The van der Waals surface area contributed by atoms with Crippen molar-refractivity contribution in [1.82, 2.24) is 5.32 Å². The molecule has 1 aliphatic heterocycles. The molecule has 1 atom stereocenters. The minimum absolute atomic E-state index is 0.0695. The third-order valence-electron chi connectivity index (χ3n) is 3.22. The van der Waals surface area contributed by atoms with Gasteiger partial charge in [-0.05, 0) is 37.1 Å². The largest absolute Gasteiger partial charge is 0.310 e. The fraction of sp³-hybridized carbons (Fsp3) is 0.538. The highest BCUT2D eigenvalue weighted by Gasteiger charge is 2.17. The number of nitrogens with one attached hydrogen (secondary N) is 1. The average molecular weight is 243 g/mol. The van der Waals surface area contributed by atoms with Gasteiger partial charge in [0.25, 0.3) is 0 Å². The van der Waals surface area contributed by atoms with Crippen LogP contribution in [-0.4, -0.2) is 6.54 Å². The fourth-order valence-electron chi connectivity index (χ4n) is 2.27. The van der Waals surface area contributed by atoms with Gasteiger partial charge in [-0.25, -0.2) is 13.2 Å². The van der Waals surface area contributed by atoms with Crippen LogP contribution in [0, 0.1) is 17.5 Å². The van der Waals surface area contributed by atoms with Gasteiger partial charge in [-0.1, -0.05) is 19.3 Å². The summed E-state index contributed by atoms with van der Waals surface area (Å²) in [6, 6.07) is 2.12. The van der Waals surface area contributed by atoms with Gasteiger partial charge in [0.1, 0.15) is 0 Å². The second kappa shape index (κ2) is 5.54. The Balaban J connectivity index is 2.19. The van der Waals surface area contributed by atoms with E-state index in [-0.39, 0.29) is 6.04 Å². The smallest absolute Gasteiger partial charge is 0.194 e. The minimum atomic E-state index is -1.39. The van der Waals surface area contributed by atoms with E-state index >= 15 is 0 Å². The molecule has 1 aromatic carbocycles. The highest BCUT2D eigenvalue weighted by atomic mass is 19.2. The van der Waals surface area contributed by atoms with Crippen LogP contribution in [0.1, 0.15) is 43.7 Å². The van der Waals surface area contributed by atoms with E-state index in [1.807, 2.05) is 0 Å². The molecule has 0 radical (unpaired) electrons. The van der Waals surface area contributed by atoms with Crippen molar-refractivity contribution in [2.45, 2.75) is 38.1 Å². The summed E-state index contributed by atoms with van der Waals surface area (Å²) in [6.07, 6.45) is 5.27. The SMILES string of the molecule is Fc1cc(C2CCCCCCN2)cc(F)c1F. The average Bonchev–Trinajstić information content (AvgIpc) is 2.25. The van der Waals surface area contributed by atoms with Gasteiger partial charge < -0.3 is 5.32 Å². The van der Waals surface area contributed by atoms with E-state index in [0.717, 1.165) is 44.4 Å². The molecule has 1 heterocycles. The van der Waals surface area contributed by atoms with E-state index in [4.69, 9.17) is 0 Å². The molecule has 2 rings (SSSR count). The summed E-state index contributed by atoms with van der Waals surface area (Å²) >= 11 is 0. The zero-order valence-electron chi connectivity index (χ0n) is 9.61. The molecule has 17 heavy (non-hydrogen) atoms. The van der Waals surface area contributed by atoms with Gasteiger partial charge in [0, 0.05) is 6.04 Å². The second-order valence-electron chi connectivity index (χ2n) is 4.51. The lowest BCUT2D eigenvalue weighted by Gasteiger charge is -2.22. The summed E-state index contributed by atoms with van der Waals surface area (Å²) in [5, 5.41) is 3.26. The van der Waals surface area contributed by atoms with E-state index in [2.05, 4.69) is 5.32 Å². The predicted molar refractivity (Wildman–Crippen MR) is 60.1 cm³/mol. The van der Waals surface area contributed by atoms with Gasteiger partial charge in [-0.15, -0.1) is 0 Å². The monoisotopic (exact) mass is 243 g/mol. The van der Waals surface area contributed by atoms with E-state index in [0.29, 0.717) is 5.56 Å². The third kappa shape index (κ3) is 3.00. The lowest BCUT2D eigenvalue weighted by molar-refractivity contribution is 0.412. The first kappa shape index (κ1) is 12.4. The summed E-state index contributed by atoms with van der Waals surface area (Å²) in [5.41, 5.74) is 0.503. The number of hydrogen-bond donors (Lipinski definition) is 1. The maximum absolute atomic E-state index is 13.1. The van der Waals surface area contributed by atoms with Crippen LogP contribution in [0.25, 0.3) is 0 Å². The molecule has 1 aliphatic rings. The Morgan fingerprint density at radius 2 is 1.59 bits per heavy atom. The maximum atomic E-state index is 13.1.